The van der Waals surface area contributed by atoms with E-state index in [1.807, 2.05) is 6.92 Å². The standard InChI is InChI=1S/C14H23NO5S/c1-4-9-20-12-5-7-13(8-6-12)21(17,18)15-10-14(2,16)11-19-3/h5-8,15-16H,4,9-11H2,1-3H3. The van der Waals surface area contributed by atoms with Gasteiger partial charge in [0.2, 0.25) is 10.0 Å². The van der Waals surface area contributed by atoms with E-state index in [9.17, 15) is 13.5 Å². The van der Waals surface area contributed by atoms with Crippen LogP contribution in [0, 0.1) is 0 Å². The van der Waals surface area contributed by atoms with Gasteiger partial charge in [0, 0.05) is 13.7 Å². The van der Waals surface area contributed by atoms with Crippen LogP contribution in [0.25, 0.3) is 0 Å². The fourth-order valence-corrected chi connectivity index (χ4v) is 2.79. The van der Waals surface area contributed by atoms with Crippen LogP contribution in [-0.4, -0.2) is 46.0 Å². The Labute approximate surface area is 126 Å². The van der Waals surface area contributed by atoms with Gasteiger partial charge in [-0.3, -0.25) is 0 Å². The molecule has 0 heterocycles. The number of nitrogens with one attached hydrogen (secondary N) is 1. The number of ether oxygens (including phenoxy) is 2. The largest absolute Gasteiger partial charge is 0.494 e. The predicted octanol–water partition coefficient (Wildman–Crippen LogP) is 1.15. The van der Waals surface area contributed by atoms with Crippen molar-refractivity contribution in [3.05, 3.63) is 24.3 Å². The Morgan fingerprint density at radius 3 is 2.43 bits per heavy atom. The number of sulfonamides is 1. The molecular formula is C14H23NO5S. The van der Waals surface area contributed by atoms with Gasteiger partial charge in [-0.2, -0.15) is 0 Å². The molecule has 0 fully saturated rings. The van der Waals surface area contributed by atoms with E-state index >= 15 is 0 Å². The first-order chi connectivity index (χ1) is 9.80. The molecule has 0 aromatic heterocycles. The summed E-state index contributed by atoms with van der Waals surface area (Å²) in [5.41, 5.74) is -1.26. The van der Waals surface area contributed by atoms with Crippen molar-refractivity contribution in [3.8, 4) is 5.75 Å². The van der Waals surface area contributed by atoms with Crippen molar-refractivity contribution in [2.75, 3.05) is 26.9 Å². The molecule has 1 aromatic rings. The molecule has 1 atom stereocenters. The molecule has 0 bridgehead atoms. The highest BCUT2D eigenvalue weighted by molar-refractivity contribution is 7.89. The Bertz CT molecular complexity index is 525. The highest BCUT2D eigenvalue weighted by Crippen LogP contribution is 2.16. The zero-order valence-electron chi connectivity index (χ0n) is 12.6. The van der Waals surface area contributed by atoms with Gasteiger partial charge in [0.05, 0.1) is 23.7 Å². The highest BCUT2D eigenvalue weighted by atomic mass is 32.2. The number of rotatable bonds is 9. The third-order valence-electron chi connectivity index (χ3n) is 2.71. The van der Waals surface area contributed by atoms with Crippen LogP contribution in [0.3, 0.4) is 0 Å². The summed E-state index contributed by atoms with van der Waals surface area (Å²) in [6, 6.07) is 6.16. The van der Waals surface area contributed by atoms with Crippen LogP contribution in [0.2, 0.25) is 0 Å². The number of methoxy groups -OCH3 is 1. The zero-order chi connectivity index (χ0) is 15.9. The molecule has 0 radical (unpaired) electrons. The first-order valence-electron chi connectivity index (χ1n) is 6.74. The summed E-state index contributed by atoms with van der Waals surface area (Å²) in [5.74, 6) is 0.627. The normalized spacial score (nSPS) is 14.7. The average Bonchev–Trinajstić information content (AvgIpc) is 2.44. The monoisotopic (exact) mass is 317 g/mol. The van der Waals surface area contributed by atoms with Crippen LogP contribution in [0.15, 0.2) is 29.2 Å². The lowest BCUT2D eigenvalue weighted by Crippen LogP contribution is -2.43. The van der Waals surface area contributed by atoms with Gasteiger partial charge in [0.25, 0.3) is 0 Å². The van der Waals surface area contributed by atoms with Crippen LogP contribution >= 0.6 is 0 Å². The molecule has 0 aliphatic rings. The maximum atomic E-state index is 12.1. The molecular weight excluding hydrogens is 294 g/mol. The number of hydrogen-bond donors (Lipinski definition) is 2. The summed E-state index contributed by atoms with van der Waals surface area (Å²) in [4.78, 5) is 0.125. The van der Waals surface area contributed by atoms with E-state index in [2.05, 4.69) is 4.72 Å². The van der Waals surface area contributed by atoms with Crippen LogP contribution < -0.4 is 9.46 Å². The average molecular weight is 317 g/mol. The molecule has 0 saturated heterocycles. The Morgan fingerprint density at radius 2 is 1.90 bits per heavy atom. The molecule has 0 aliphatic heterocycles. The van der Waals surface area contributed by atoms with Crippen molar-refractivity contribution < 1.29 is 23.0 Å². The molecule has 1 unspecified atom stereocenters. The molecule has 7 heteroatoms. The van der Waals surface area contributed by atoms with Crippen LogP contribution in [-0.2, 0) is 14.8 Å². The number of benzene rings is 1. The molecule has 0 amide bonds. The maximum Gasteiger partial charge on any atom is 0.240 e. The molecule has 0 aliphatic carbocycles. The molecule has 0 saturated carbocycles. The fraction of sp³-hybridized carbons (Fsp3) is 0.571. The second-order valence-electron chi connectivity index (χ2n) is 5.07. The van der Waals surface area contributed by atoms with Crippen molar-refractivity contribution in [2.45, 2.75) is 30.8 Å². The van der Waals surface area contributed by atoms with Gasteiger partial charge < -0.3 is 14.6 Å². The van der Waals surface area contributed by atoms with Gasteiger partial charge in [-0.15, -0.1) is 0 Å². The first kappa shape index (κ1) is 17.9. The summed E-state index contributed by atoms with van der Waals surface area (Å²) >= 11 is 0. The van der Waals surface area contributed by atoms with Gasteiger partial charge in [-0.25, -0.2) is 13.1 Å². The Kier molecular flexibility index (Phi) is 6.60. The van der Waals surface area contributed by atoms with Crippen LogP contribution in [0.4, 0.5) is 0 Å². The van der Waals surface area contributed by atoms with E-state index in [1.54, 1.807) is 12.1 Å². The lowest BCUT2D eigenvalue weighted by atomic mass is 10.1. The maximum absolute atomic E-state index is 12.1. The minimum Gasteiger partial charge on any atom is -0.494 e. The summed E-state index contributed by atoms with van der Waals surface area (Å²) < 4.78 is 36.8. The molecule has 6 nitrogen and oxygen atoms in total. The Morgan fingerprint density at radius 1 is 1.29 bits per heavy atom. The SMILES string of the molecule is CCCOc1ccc(S(=O)(=O)NCC(C)(O)COC)cc1. The second-order valence-corrected chi connectivity index (χ2v) is 6.84. The summed E-state index contributed by atoms with van der Waals surface area (Å²) in [7, 11) is -2.23. The number of hydrogen-bond acceptors (Lipinski definition) is 5. The summed E-state index contributed by atoms with van der Waals surface area (Å²) in [6.45, 7) is 4.00. The molecule has 2 N–H and O–H groups in total. The molecule has 21 heavy (non-hydrogen) atoms. The molecule has 120 valence electrons. The Hall–Kier alpha value is -1.15. The lowest BCUT2D eigenvalue weighted by Gasteiger charge is -2.22. The van der Waals surface area contributed by atoms with Crippen molar-refractivity contribution in [1.29, 1.82) is 0 Å². The van der Waals surface area contributed by atoms with E-state index in [0.717, 1.165) is 6.42 Å². The third kappa shape index (κ3) is 6.01. The molecule has 0 spiro atoms. The van der Waals surface area contributed by atoms with Gasteiger partial charge in [-0.1, -0.05) is 6.92 Å². The van der Waals surface area contributed by atoms with E-state index in [4.69, 9.17) is 9.47 Å². The van der Waals surface area contributed by atoms with E-state index in [0.29, 0.717) is 12.4 Å². The van der Waals surface area contributed by atoms with Crippen LogP contribution in [0.5, 0.6) is 5.75 Å². The van der Waals surface area contributed by atoms with Crippen molar-refractivity contribution in [2.24, 2.45) is 0 Å². The Balaban J connectivity index is 2.70. The third-order valence-corrected chi connectivity index (χ3v) is 4.12. The van der Waals surface area contributed by atoms with Gasteiger partial charge in [-0.05, 0) is 37.6 Å². The minimum atomic E-state index is -3.67. The van der Waals surface area contributed by atoms with Gasteiger partial charge >= 0.3 is 0 Å². The lowest BCUT2D eigenvalue weighted by molar-refractivity contribution is -0.0119. The summed E-state index contributed by atoms with van der Waals surface area (Å²) in [5, 5.41) is 9.89. The quantitative estimate of drug-likeness (QED) is 0.714. The van der Waals surface area contributed by atoms with E-state index < -0.39 is 15.6 Å². The van der Waals surface area contributed by atoms with Crippen molar-refractivity contribution in [1.82, 2.24) is 4.72 Å². The van der Waals surface area contributed by atoms with E-state index in [1.165, 1.54) is 26.2 Å². The topological polar surface area (TPSA) is 84.9 Å². The fourth-order valence-electron chi connectivity index (χ4n) is 1.63. The van der Waals surface area contributed by atoms with Gasteiger partial charge in [0.1, 0.15) is 5.75 Å². The smallest absolute Gasteiger partial charge is 0.240 e. The van der Waals surface area contributed by atoms with Gasteiger partial charge in [0.15, 0.2) is 0 Å². The van der Waals surface area contributed by atoms with E-state index in [-0.39, 0.29) is 18.0 Å². The summed E-state index contributed by atoms with van der Waals surface area (Å²) in [6.07, 6.45) is 0.885. The minimum absolute atomic E-state index is 0.0410. The predicted molar refractivity (Wildman–Crippen MR) is 79.9 cm³/mol. The zero-order valence-corrected chi connectivity index (χ0v) is 13.4. The number of aliphatic hydroxyl groups is 1. The molecule has 1 rings (SSSR count). The molecule has 1 aromatic carbocycles. The van der Waals surface area contributed by atoms with Crippen molar-refractivity contribution >= 4 is 10.0 Å². The van der Waals surface area contributed by atoms with Crippen LogP contribution in [0.1, 0.15) is 20.3 Å². The second kappa shape index (κ2) is 7.74. The first-order valence-corrected chi connectivity index (χ1v) is 8.23. The van der Waals surface area contributed by atoms with Crippen molar-refractivity contribution in [3.63, 3.8) is 0 Å². The highest BCUT2D eigenvalue weighted by Gasteiger charge is 2.24.